The molecule has 1 aromatic heterocycles. The van der Waals surface area contributed by atoms with Crippen LogP contribution in [0.1, 0.15) is 50.5 Å². The standard InChI is InChI=1S/C20H33N5O.HI/c1-21-20(22-11-14-25-12-5-2-6-13-25)24-16-17-9-10-19(23-15-17)26-18-7-3-4-8-18;/h9-10,15,18H,2-8,11-14,16H2,1H3,(H2,21,22,24);1H. The quantitative estimate of drug-likeness (QED) is 0.352. The highest BCUT2D eigenvalue weighted by atomic mass is 127. The number of ether oxygens (including phenoxy) is 1. The third kappa shape index (κ3) is 7.81. The number of hydrogen-bond donors (Lipinski definition) is 2. The van der Waals surface area contributed by atoms with Gasteiger partial charge in [0.1, 0.15) is 6.10 Å². The zero-order valence-electron chi connectivity index (χ0n) is 16.5. The molecule has 152 valence electrons. The lowest BCUT2D eigenvalue weighted by Crippen LogP contribution is -2.42. The number of aliphatic imine (C=N–C) groups is 1. The Bertz CT molecular complexity index is 554. The second-order valence-corrected chi connectivity index (χ2v) is 7.28. The molecule has 0 atom stereocenters. The second kappa shape index (κ2) is 12.4. The van der Waals surface area contributed by atoms with E-state index >= 15 is 0 Å². The van der Waals surface area contributed by atoms with Crippen LogP contribution in [0.3, 0.4) is 0 Å². The van der Waals surface area contributed by atoms with Crippen LogP contribution in [-0.2, 0) is 6.54 Å². The van der Waals surface area contributed by atoms with E-state index in [1.54, 1.807) is 0 Å². The molecule has 0 bridgehead atoms. The van der Waals surface area contributed by atoms with Crippen molar-refractivity contribution in [2.24, 2.45) is 4.99 Å². The number of likely N-dealkylation sites (tertiary alicyclic amines) is 1. The Hall–Kier alpha value is -1.09. The largest absolute Gasteiger partial charge is 0.474 e. The van der Waals surface area contributed by atoms with E-state index in [0.717, 1.165) is 43.3 Å². The lowest BCUT2D eigenvalue weighted by Gasteiger charge is -2.26. The normalized spacial score (nSPS) is 18.8. The lowest BCUT2D eigenvalue weighted by atomic mass is 10.1. The molecule has 1 aliphatic carbocycles. The molecule has 0 aromatic carbocycles. The van der Waals surface area contributed by atoms with Crippen molar-refractivity contribution in [1.29, 1.82) is 0 Å². The summed E-state index contributed by atoms with van der Waals surface area (Å²) in [6.07, 6.45) is 11.2. The lowest BCUT2D eigenvalue weighted by molar-refractivity contribution is 0.201. The van der Waals surface area contributed by atoms with Crippen molar-refractivity contribution in [3.05, 3.63) is 23.9 Å². The van der Waals surface area contributed by atoms with Crippen LogP contribution >= 0.6 is 24.0 Å². The van der Waals surface area contributed by atoms with Gasteiger partial charge in [0.2, 0.25) is 5.88 Å². The average Bonchev–Trinajstić information content (AvgIpc) is 3.19. The first-order valence-electron chi connectivity index (χ1n) is 10.1. The van der Waals surface area contributed by atoms with Gasteiger partial charge in [-0.3, -0.25) is 4.99 Å². The van der Waals surface area contributed by atoms with E-state index in [1.165, 1.54) is 45.2 Å². The Kier molecular flexibility index (Phi) is 10.2. The highest BCUT2D eigenvalue weighted by Gasteiger charge is 2.16. The summed E-state index contributed by atoms with van der Waals surface area (Å²) in [7, 11) is 1.81. The molecule has 1 aromatic rings. The molecule has 0 radical (unpaired) electrons. The molecule has 0 amide bonds. The molecule has 2 heterocycles. The van der Waals surface area contributed by atoms with Gasteiger partial charge in [0, 0.05) is 38.9 Å². The van der Waals surface area contributed by atoms with Gasteiger partial charge >= 0.3 is 0 Å². The van der Waals surface area contributed by atoms with Crippen LogP contribution in [0.4, 0.5) is 0 Å². The number of aromatic nitrogens is 1. The molecule has 3 rings (SSSR count). The maximum atomic E-state index is 5.92. The smallest absolute Gasteiger partial charge is 0.213 e. The third-order valence-corrected chi connectivity index (χ3v) is 5.24. The zero-order chi connectivity index (χ0) is 18.0. The summed E-state index contributed by atoms with van der Waals surface area (Å²) in [6, 6.07) is 4.05. The van der Waals surface area contributed by atoms with Crippen molar-refractivity contribution in [3.63, 3.8) is 0 Å². The molecule has 6 nitrogen and oxygen atoms in total. The Morgan fingerprint density at radius 2 is 1.93 bits per heavy atom. The predicted octanol–water partition coefficient (Wildman–Crippen LogP) is 3.17. The fraction of sp³-hybridized carbons (Fsp3) is 0.700. The summed E-state index contributed by atoms with van der Waals surface area (Å²) in [4.78, 5) is 11.3. The van der Waals surface area contributed by atoms with Gasteiger partial charge in [-0.2, -0.15) is 0 Å². The van der Waals surface area contributed by atoms with E-state index in [4.69, 9.17) is 4.74 Å². The highest BCUT2D eigenvalue weighted by Crippen LogP contribution is 2.22. The van der Waals surface area contributed by atoms with Crippen LogP contribution in [0.25, 0.3) is 0 Å². The van der Waals surface area contributed by atoms with Crippen molar-refractivity contribution >= 4 is 29.9 Å². The van der Waals surface area contributed by atoms with Gasteiger partial charge in [0.05, 0.1) is 0 Å². The number of pyridine rings is 1. The van der Waals surface area contributed by atoms with Gasteiger partial charge in [-0.15, -0.1) is 24.0 Å². The fourth-order valence-corrected chi connectivity index (χ4v) is 3.68. The number of rotatable bonds is 7. The van der Waals surface area contributed by atoms with Crippen LogP contribution < -0.4 is 15.4 Å². The summed E-state index contributed by atoms with van der Waals surface area (Å²) in [5.74, 6) is 1.58. The number of halogens is 1. The first-order chi connectivity index (χ1) is 12.8. The Morgan fingerprint density at radius 1 is 1.15 bits per heavy atom. The van der Waals surface area contributed by atoms with Crippen molar-refractivity contribution in [3.8, 4) is 5.88 Å². The van der Waals surface area contributed by atoms with E-state index in [-0.39, 0.29) is 24.0 Å². The summed E-state index contributed by atoms with van der Waals surface area (Å²) in [5, 5.41) is 6.75. The van der Waals surface area contributed by atoms with Crippen molar-refractivity contribution in [2.75, 3.05) is 33.2 Å². The second-order valence-electron chi connectivity index (χ2n) is 7.28. The SMILES string of the molecule is CN=C(NCCN1CCCCC1)NCc1ccc(OC2CCCC2)nc1.I. The van der Waals surface area contributed by atoms with Gasteiger partial charge in [-0.05, 0) is 57.2 Å². The molecule has 1 aliphatic heterocycles. The minimum atomic E-state index is 0. The van der Waals surface area contributed by atoms with Gasteiger partial charge in [0.25, 0.3) is 0 Å². The van der Waals surface area contributed by atoms with E-state index < -0.39 is 0 Å². The first-order valence-corrected chi connectivity index (χ1v) is 10.1. The van der Waals surface area contributed by atoms with Gasteiger partial charge < -0.3 is 20.3 Å². The van der Waals surface area contributed by atoms with Crippen LogP contribution in [0, 0.1) is 0 Å². The summed E-state index contributed by atoms with van der Waals surface area (Å²) in [6.45, 7) is 5.17. The van der Waals surface area contributed by atoms with Crippen molar-refractivity contribution < 1.29 is 4.74 Å². The minimum Gasteiger partial charge on any atom is -0.474 e. The molecule has 1 saturated heterocycles. The minimum absolute atomic E-state index is 0. The van der Waals surface area contributed by atoms with E-state index in [1.807, 2.05) is 19.3 Å². The van der Waals surface area contributed by atoms with Crippen LogP contribution in [0.2, 0.25) is 0 Å². The Balaban J connectivity index is 0.00000261. The Morgan fingerprint density at radius 3 is 2.59 bits per heavy atom. The van der Waals surface area contributed by atoms with Crippen molar-refractivity contribution in [1.82, 2.24) is 20.5 Å². The van der Waals surface area contributed by atoms with Crippen molar-refractivity contribution in [2.45, 2.75) is 57.6 Å². The van der Waals surface area contributed by atoms with Gasteiger partial charge in [0.15, 0.2) is 5.96 Å². The van der Waals surface area contributed by atoms with E-state index in [9.17, 15) is 0 Å². The van der Waals surface area contributed by atoms with E-state index in [0.29, 0.717) is 12.6 Å². The summed E-state index contributed by atoms with van der Waals surface area (Å²) >= 11 is 0. The van der Waals surface area contributed by atoms with Gasteiger partial charge in [-0.25, -0.2) is 4.98 Å². The molecule has 0 spiro atoms. The summed E-state index contributed by atoms with van der Waals surface area (Å²) in [5.41, 5.74) is 1.13. The van der Waals surface area contributed by atoms with Crippen LogP contribution in [-0.4, -0.2) is 55.2 Å². The van der Waals surface area contributed by atoms with E-state index in [2.05, 4.69) is 31.6 Å². The molecule has 2 aliphatic rings. The Labute approximate surface area is 180 Å². The highest BCUT2D eigenvalue weighted by molar-refractivity contribution is 14.0. The predicted molar refractivity (Wildman–Crippen MR) is 121 cm³/mol. The number of nitrogens with zero attached hydrogens (tertiary/aromatic N) is 3. The molecule has 2 N–H and O–H groups in total. The van der Waals surface area contributed by atoms with Crippen LogP contribution in [0.15, 0.2) is 23.3 Å². The molecule has 27 heavy (non-hydrogen) atoms. The molecule has 2 fully saturated rings. The molecule has 0 unspecified atom stereocenters. The molecule has 7 heteroatoms. The maximum Gasteiger partial charge on any atom is 0.213 e. The molecule has 1 saturated carbocycles. The summed E-state index contributed by atoms with van der Waals surface area (Å²) < 4.78 is 5.92. The fourth-order valence-electron chi connectivity index (χ4n) is 3.68. The average molecular weight is 487 g/mol. The van der Waals surface area contributed by atoms with Gasteiger partial charge in [-0.1, -0.05) is 12.5 Å². The molecular formula is C20H34IN5O. The maximum absolute atomic E-state index is 5.92. The monoisotopic (exact) mass is 487 g/mol. The number of piperidine rings is 1. The number of guanidine groups is 1. The third-order valence-electron chi connectivity index (χ3n) is 5.24. The number of nitrogens with one attached hydrogen (secondary N) is 2. The molecular weight excluding hydrogens is 453 g/mol. The zero-order valence-corrected chi connectivity index (χ0v) is 18.8. The topological polar surface area (TPSA) is 61.8 Å². The number of hydrogen-bond acceptors (Lipinski definition) is 4. The first kappa shape index (κ1) is 22.2. The van der Waals surface area contributed by atoms with Crippen LogP contribution in [0.5, 0.6) is 5.88 Å².